The van der Waals surface area contributed by atoms with Crippen molar-refractivity contribution in [1.82, 2.24) is 0 Å². The highest BCUT2D eigenvalue weighted by atomic mass is 32.1. The Morgan fingerprint density at radius 1 is 1.67 bits per heavy atom. The molecule has 0 aliphatic rings. The van der Waals surface area contributed by atoms with Crippen LogP contribution in [0, 0.1) is 0 Å². The first kappa shape index (κ1) is 12.2. The zero-order valence-corrected chi connectivity index (χ0v) is 9.46. The van der Waals surface area contributed by atoms with Gasteiger partial charge in [0.25, 0.3) is 0 Å². The lowest BCUT2D eigenvalue weighted by molar-refractivity contribution is -0.146. The number of nitrogens with two attached hydrogens (primary N) is 1. The van der Waals surface area contributed by atoms with Gasteiger partial charge in [0.05, 0.1) is 0 Å². The summed E-state index contributed by atoms with van der Waals surface area (Å²) in [7, 11) is 1.57. The number of ether oxygens (including phenoxy) is 2. The molecule has 5 heteroatoms. The number of hydrogen-bond acceptors (Lipinski definition) is 5. The van der Waals surface area contributed by atoms with E-state index in [0.29, 0.717) is 19.6 Å². The molecule has 0 aliphatic heterocycles. The first-order chi connectivity index (χ1) is 7.24. The molecule has 84 valence electrons. The summed E-state index contributed by atoms with van der Waals surface area (Å²) in [5.74, 6) is -0.375. The Labute approximate surface area is 93.0 Å². The number of carbonyl (C=O) groups excluding carboxylic acids is 1. The average Bonchev–Trinajstić information content (AvgIpc) is 2.75. The number of carbonyl (C=O) groups is 1. The molecule has 1 atom stereocenters. The molecule has 0 aromatic carbocycles. The van der Waals surface area contributed by atoms with E-state index in [1.54, 1.807) is 18.4 Å². The maximum atomic E-state index is 11.3. The lowest BCUT2D eigenvalue weighted by Crippen LogP contribution is -2.33. The van der Waals surface area contributed by atoms with E-state index >= 15 is 0 Å². The van der Waals surface area contributed by atoms with Gasteiger partial charge in [0.1, 0.15) is 12.6 Å². The van der Waals surface area contributed by atoms with Crippen LogP contribution in [0.4, 0.5) is 0 Å². The second-order valence-corrected chi connectivity index (χ2v) is 4.11. The van der Waals surface area contributed by atoms with Crippen molar-refractivity contribution in [2.45, 2.75) is 19.1 Å². The van der Waals surface area contributed by atoms with Crippen molar-refractivity contribution in [2.75, 3.05) is 13.7 Å². The van der Waals surface area contributed by atoms with E-state index in [4.69, 9.17) is 15.2 Å². The predicted octanol–water partition coefficient (Wildman–Crippen LogP) is 1.16. The van der Waals surface area contributed by atoms with Crippen LogP contribution in [-0.2, 0) is 20.9 Å². The Bertz CT molecular complexity index is 287. The van der Waals surface area contributed by atoms with Gasteiger partial charge in [-0.05, 0) is 17.9 Å². The van der Waals surface area contributed by atoms with Crippen molar-refractivity contribution >= 4 is 17.3 Å². The summed E-state index contributed by atoms with van der Waals surface area (Å²) in [6.45, 7) is 0.770. The van der Waals surface area contributed by atoms with E-state index in [2.05, 4.69) is 0 Å². The van der Waals surface area contributed by atoms with Crippen LogP contribution in [0.2, 0.25) is 0 Å². The van der Waals surface area contributed by atoms with Gasteiger partial charge in [-0.15, -0.1) is 11.3 Å². The SMILES string of the molecule is COCCC(N)C(=O)OCc1cccs1. The van der Waals surface area contributed by atoms with E-state index in [-0.39, 0.29) is 5.97 Å². The molecule has 0 aliphatic carbocycles. The molecule has 0 radical (unpaired) electrons. The van der Waals surface area contributed by atoms with E-state index in [0.717, 1.165) is 4.88 Å². The summed E-state index contributed by atoms with van der Waals surface area (Å²) in [5.41, 5.74) is 5.59. The Morgan fingerprint density at radius 3 is 3.07 bits per heavy atom. The highest BCUT2D eigenvalue weighted by molar-refractivity contribution is 7.09. The third-order valence-electron chi connectivity index (χ3n) is 1.87. The van der Waals surface area contributed by atoms with Crippen LogP contribution in [0.25, 0.3) is 0 Å². The Hall–Kier alpha value is -0.910. The number of thiophene rings is 1. The fraction of sp³-hybridized carbons (Fsp3) is 0.500. The summed E-state index contributed by atoms with van der Waals surface area (Å²) in [5, 5.41) is 1.94. The van der Waals surface area contributed by atoms with Crippen molar-refractivity contribution in [3.8, 4) is 0 Å². The molecule has 0 saturated heterocycles. The van der Waals surface area contributed by atoms with Crippen LogP contribution in [0.15, 0.2) is 17.5 Å². The van der Waals surface area contributed by atoms with Gasteiger partial charge in [0, 0.05) is 18.6 Å². The Kier molecular flexibility index (Phi) is 5.31. The van der Waals surface area contributed by atoms with E-state index in [1.165, 1.54) is 0 Å². The zero-order chi connectivity index (χ0) is 11.1. The highest BCUT2D eigenvalue weighted by Gasteiger charge is 2.14. The fourth-order valence-electron chi connectivity index (χ4n) is 1.01. The van der Waals surface area contributed by atoms with Crippen LogP contribution in [0.5, 0.6) is 0 Å². The van der Waals surface area contributed by atoms with Crippen molar-refractivity contribution in [3.05, 3.63) is 22.4 Å². The largest absolute Gasteiger partial charge is 0.459 e. The number of rotatable bonds is 6. The summed E-state index contributed by atoms with van der Waals surface area (Å²) in [4.78, 5) is 12.4. The van der Waals surface area contributed by atoms with Crippen LogP contribution >= 0.6 is 11.3 Å². The third kappa shape index (κ3) is 4.42. The van der Waals surface area contributed by atoms with Crippen LogP contribution in [0.3, 0.4) is 0 Å². The summed E-state index contributed by atoms with van der Waals surface area (Å²) in [6.07, 6.45) is 0.486. The molecule has 0 spiro atoms. The number of hydrogen-bond donors (Lipinski definition) is 1. The van der Waals surface area contributed by atoms with E-state index in [9.17, 15) is 4.79 Å². The molecular formula is C10H15NO3S. The molecule has 0 bridgehead atoms. The maximum absolute atomic E-state index is 11.3. The summed E-state index contributed by atoms with van der Waals surface area (Å²) < 4.78 is 9.86. The topological polar surface area (TPSA) is 61.5 Å². The molecule has 1 aromatic rings. The molecule has 1 unspecified atom stereocenters. The minimum atomic E-state index is -0.593. The molecular weight excluding hydrogens is 214 g/mol. The minimum absolute atomic E-state index is 0.303. The molecule has 1 aromatic heterocycles. The van der Waals surface area contributed by atoms with Gasteiger partial charge in [-0.25, -0.2) is 0 Å². The van der Waals surface area contributed by atoms with Gasteiger partial charge >= 0.3 is 5.97 Å². The minimum Gasteiger partial charge on any atom is -0.459 e. The van der Waals surface area contributed by atoms with Crippen molar-refractivity contribution in [3.63, 3.8) is 0 Å². The lowest BCUT2D eigenvalue weighted by atomic mass is 10.2. The second kappa shape index (κ2) is 6.55. The number of methoxy groups -OCH3 is 1. The van der Waals surface area contributed by atoms with Crippen LogP contribution in [0.1, 0.15) is 11.3 Å². The second-order valence-electron chi connectivity index (χ2n) is 3.08. The Balaban J connectivity index is 2.23. The van der Waals surface area contributed by atoms with Crippen molar-refractivity contribution in [2.24, 2.45) is 5.73 Å². The average molecular weight is 229 g/mol. The molecule has 4 nitrogen and oxygen atoms in total. The van der Waals surface area contributed by atoms with Gasteiger partial charge in [0.2, 0.25) is 0 Å². The third-order valence-corrected chi connectivity index (χ3v) is 2.72. The van der Waals surface area contributed by atoms with E-state index in [1.807, 2.05) is 17.5 Å². The molecule has 1 heterocycles. The molecule has 2 N–H and O–H groups in total. The van der Waals surface area contributed by atoms with Crippen LogP contribution in [-0.4, -0.2) is 25.7 Å². The van der Waals surface area contributed by atoms with Gasteiger partial charge in [-0.3, -0.25) is 4.79 Å². The van der Waals surface area contributed by atoms with Crippen molar-refractivity contribution in [1.29, 1.82) is 0 Å². The van der Waals surface area contributed by atoms with E-state index < -0.39 is 6.04 Å². The first-order valence-corrected chi connectivity index (χ1v) is 5.55. The van der Waals surface area contributed by atoms with Crippen molar-refractivity contribution < 1.29 is 14.3 Å². The van der Waals surface area contributed by atoms with Crippen LogP contribution < -0.4 is 5.73 Å². The maximum Gasteiger partial charge on any atom is 0.323 e. The zero-order valence-electron chi connectivity index (χ0n) is 8.64. The molecule has 1 rings (SSSR count). The highest BCUT2D eigenvalue weighted by Crippen LogP contribution is 2.10. The lowest BCUT2D eigenvalue weighted by Gasteiger charge is -2.09. The van der Waals surface area contributed by atoms with Gasteiger partial charge in [-0.2, -0.15) is 0 Å². The van der Waals surface area contributed by atoms with Gasteiger partial charge in [-0.1, -0.05) is 6.07 Å². The standard InChI is InChI=1S/C10H15NO3S/c1-13-5-4-9(11)10(12)14-7-8-3-2-6-15-8/h2-3,6,9H,4-5,7,11H2,1H3. The molecule has 15 heavy (non-hydrogen) atoms. The molecule has 0 fully saturated rings. The molecule has 0 amide bonds. The number of esters is 1. The monoisotopic (exact) mass is 229 g/mol. The predicted molar refractivity (Wildman–Crippen MR) is 58.6 cm³/mol. The smallest absolute Gasteiger partial charge is 0.323 e. The summed E-state index contributed by atoms with van der Waals surface area (Å²) >= 11 is 1.55. The normalized spacial score (nSPS) is 12.4. The fourth-order valence-corrected chi connectivity index (χ4v) is 1.62. The van der Waals surface area contributed by atoms with Gasteiger partial charge < -0.3 is 15.2 Å². The quantitative estimate of drug-likeness (QED) is 0.743. The first-order valence-electron chi connectivity index (χ1n) is 4.67. The Morgan fingerprint density at radius 2 is 2.47 bits per heavy atom. The molecule has 0 saturated carbocycles. The van der Waals surface area contributed by atoms with Gasteiger partial charge in [0.15, 0.2) is 0 Å². The summed E-state index contributed by atoms with van der Waals surface area (Å²) in [6, 6.07) is 3.24.